The van der Waals surface area contributed by atoms with Gasteiger partial charge in [-0.15, -0.1) is 0 Å². The van der Waals surface area contributed by atoms with Crippen LogP contribution >= 0.6 is 0 Å². The molecule has 128 valence electrons. The van der Waals surface area contributed by atoms with Crippen molar-refractivity contribution in [1.29, 1.82) is 0 Å². The molecule has 1 aromatic carbocycles. The van der Waals surface area contributed by atoms with Gasteiger partial charge < -0.3 is 10.3 Å². The van der Waals surface area contributed by atoms with Crippen LogP contribution in [0, 0.1) is 6.92 Å². The number of aryl methyl sites for hydroxylation is 2. The first-order valence-corrected chi connectivity index (χ1v) is 8.23. The molecule has 2 aromatic heterocycles. The number of benzene rings is 1. The summed E-state index contributed by atoms with van der Waals surface area (Å²) >= 11 is 0. The quantitative estimate of drug-likeness (QED) is 0.764. The lowest BCUT2D eigenvalue weighted by atomic mass is 10.1. The summed E-state index contributed by atoms with van der Waals surface area (Å²) in [5.41, 5.74) is 2.30. The number of anilines is 1. The third-order valence-corrected chi connectivity index (χ3v) is 4.58. The van der Waals surface area contributed by atoms with E-state index in [1.165, 1.54) is 0 Å². The third-order valence-electron chi connectivity index (χ3n) is 4.58. The number of carbonyl (C=O) groups is 2. The molecule has 1 aliphatic heterocycles. The maximum absolute atomic E-state index is 12.7. The topological polar surface area (TPSA) is 83.0 Å². The molecule has 0 bridgehead atoms. The Balaban J connectivity index is 1.50. The number of aromatic amines is 1. The van der Waals surface area contributed by atoms with Crippen molar-refractivity contribution < 1.29 is 9.59 Å². The summed E-state index contributed by atoms with van der Waals surface area (Å²) < 4.78 is 1.69. The lowest BCUT2D eigenvalue weighted by Crippen LogP contribution is -2.41. The molecule has 0 saturated carbocycles. The lowest BCUT2D eigenvalue weighted by Gasteiger charge is -2.17. The van der Waals surface area contributed by atoms with Gasteiger partial charge >= 0.3 is 0 Å². The van der Waals surface area contributed by atoms with E-state index in [0.29, 0.717) is 18.5 Å². The standard InChI is InChI=1S/C18H19N5O2/c1-11-9-16(22(2)21-11)23-8-6-14(18(23)25)20-17(24)13-4-3-12-5-7-19-15(12)10-13/h3-5,7,9-10,14,19H,6,8H2,1-2H3,(H,20,24)/t14-/m1/s1. The maximum atomic E-state index is 12.7. The molecule has 25 heavy (non-hydrogen) atoms. The van der Waals surface area contributed by atoms with Gasteiger partial charge in [0.1, 0.15) is 11.9 Å². The first-order valence-electron chi connectivity index (χ1n) is 8.23. The second kappa shape index (κ2) is 5.77. The molecule has 0 unspecified atom stereocenters. The van der Waals surface area contributed by atoms with E-state index in [4.69, 9.17) is 0 Å². The molecule has 1 saturated heterocycles. The molecule has 0 radical (unpaired) electrons. The lowest BCUT2D eigenvalue weighted by molar-refractivity contribution is -0.118. The summed E-state index contributed by atoms with van der Waals surface area (Å²) in [5, 5.41) is 8.18. The SMILES string of the molecule is Cc1cc(N2CC[C@@H](NC(=O)c3ccc4cc[nH]c4c3)C2=O)n(C)n1. The molecular weight excluding hydrogens is 318 g/mol. The van der Waals surface area contributed by atoms with Crippen LogP contribution in [0.25, 0.3) is 10.9 Å². The normalized spacial score (nSPS) is 17.4. The van der Waals surface area contributed by atoms with Gasteiger partial charge in [-0.25, -0.2) is 0 Å². The molecule has 1 atom stereocenters. The van der Waals surface area contributed by atoms with Crippen molar-refractivity contribution in [1.82, 2.24) is 20.1 Å². The summed E-state index contributed by atoms with van der Waals surface area (Å²) in [4.78, 5) is 30.0. The molecule has 0 spiro atoms. The molecule has 7 nitrogen and oxygen atoms in total. The van der Waals surface area contributed by atoms with Crippen molar-refractivity contribution in [3.8, 4) is 0 Å². The fourth-order valence-electron chi connectivity index (χ4n) is 3.32. The predicted molar refractivity (Wildman–Crippen MR) is 94.5 cm³/mol. The van der Waals surface area contributed by atoms with E-state index < -0.39 is 6.04 Å². The zero-order valence-electron chi connectivity index (χ0n) is 14.1. The van der Waals surface area contributed by atoms with Crippen LogP contribution in [0.1, 0.15) is 22.5 Å². The highest BCUT2D eigenvalue weighted by Gasteiger charge is 2.35. The van der Waals surface area contributed by atoms with E-state index in [0.717, 1.165) is 22.4 Å². The van der Waals surface area contributed by atoms with Gasteiger partial charge in [-0.2, -0.15) is 5.10 Å². The number of rotatable bonds is 3. The number of fused-ring (bicyclic) bond motifs is 1. The van der Waals surface area contributed by atoms with Crippen LogP contribution in [0.5, 0.6) is 0 Å². The minimum atomic E-state index is -0.512. The molecule has 3 heterocycles. The van der Waals surface area contributed by atoms with Gasteiger partial charge in [-0.1, -0.05) is 6.07 Å². The van der Waals surface area contributed by atoms with Crippen molar-refractivity contribution in [3.05, 3.63) is 47.8 Å². The number of amides is 2. The molecular formula is C18H19N5O2. The van der Waals surface area contributed by atoms with E-state index in [2.05, 4.69) is 15.4 Å². The highest BCUT2D eigenvalue weighted by atomic mass is 16.2. The molecule has 4 rings (SSSR count). The minimum Gasteiger partial charge on any atom is -0.361 e. The van der Waals surface area contributed by atoms with E-state index in [9.17, 15) is 9.59 Å². The van der Waals surface area contributed by atoms with Crippen molar-refractivity contribution >= 4 is 28.5 Å². The summed E-state index contributed by atoms with van der Waals surface area (Å²) in [7, 11) is 1.81. The Hall–Kier alpha value is -3.09. The van der Waals surface area contributed by atoms with Gasteiger partial charge in [-0.05, 0) is 36.9 Å². The van der Waals surface area contributed by atoms with Crippen molar-refractivity contribution in [2.45, 2.75) is 19.4 Å². The molecule has 7 heteroatoms. The van der Waals surface area contributed by atoms with Crippen molar-refractivity contribution in [2.75, 3.05) is 11.4 Å². The predicted octanol–water partition coefficient (Wildman–Crippen LogP) is 1.75. The smallest absolute Gasteiger partial charge is 0.252 e. The molecule has 0 aliphatic carbocycles. The average Bonchev–Trinajstić information content (AvgIpc) is 3.27. The molecule has 1 fully saturated rings. The highest BCUT2D eigenvalue weighted by Crippen LogP contribution is 2.22. The second-order valence-electron chi connectivity index (χ2n) is 6.35. The van der Waals surface area contributed by atoms with Crippen LogP contribution in [-0.2, 0) is 11.8 Å². The van der Waals surface area contributed by atoms with Gasteiger partial charge in [0.05, 0.1) is 5.69 Å². The molecule has 2 amide bonds. The third kappa shape index (κ3) is 2.67. The van der Waals surface area contributed by atoms with Crippen LogP contribution in [0.4, 0.5) is 5.82 Å². The van der Waals surface area contributed by atoms with Gasteiger partial charge in [0.25, 0.3) is 11.8 Å². The van der Waals surface area contributed by atoms with Gasteiger partial charge in [0.2, 0.25) is 0 Å². The fraction of sp³-hybridized carbons (Fsp3) is 0.278. The Bertz CT molecular complexity index is 971. The van der Waals surface area contributed by atoms with Crippen LogP contribution in [0.3, 0.4) is 0 Å². The Labute approximate surface area is 144 Å². The van der Waals surface area contributed by atoms with Gasteiger partial charge in [0, 0.05) is 36.9 Å². The van der Waals surface area contributed by atoms with E-state index in [1.807, 2.05) is 38.4 Å². The zero-order valence-corrected chi connectivity index (χ0v) is 14.1. The largest absolute Gasteiger partial charge is 0.361 e. The highest BCUT2D eigenvalue weighted by molar-refractivity contribution is 6.04. The number of nitrogens with one attached hydrogen (secondary N) is 2. The number of nitrogens with zero attached hydrogens (tertiary/aromatic N) is 3. The first kappa shape index (κ1) is 15.4. The van der Waals surface area contributed by atoms with E-state index in [1.54, 1.807) is 21.7 Å². The fourth-order valence-corrected chi connectivity index (χ4v) is 3.32. The summed E-state index contributed by atoms with van der Waals surface area (Å²) in [6.07, 6.45) is 2.42. The van der Waals surface area contributed by atoms with E-state index in [-0.39, 0.29) is 11.8 Å². The first-order chi connectivity index (χ1) is 12.0. The van der Waals surface area contributed by atoms with Crippen LogP contribution < -0.4 is 10.2 Å². The Kier molecular flexibility index (Phi) is 3.56. The average molecular weight is 337 g/mol. The monoisotopic (exact) mass is 337 g/mol. The van der Waals surface area contributed by atoms with Gasteiger partial charge in [-0.3, -0.25) is 19.2 Å². The number of hydrogen-bond donors (Lipinski definition) is 2. The van der Waals surface area contributed by atoms with Crippen LogP contribution in [0.2, 0.25) is 0 Å². The Morgan fingerprint density at radius 1 is 1.32 bits per heavy atom. The number of carbonyl (C=O) groups excluding carboxylic acids is 2. The molecule has 2 N–H and O–H groups in total. The maximum Gasteiger partial charge on any atom is 0.252 e. The van der Waals surface area contributed by atoms with Crippen LogP contribution in [0.15, 0.2) is 36.5 Å². The Morgan fingerprint density at radius 3 is 2.92 bits per heavy atom. The Morgan fingerprint density at radius 2 is 2.16 bits per heavy atom. The van der Waals surface area contributed by atoms with Gasteiger partial charge in [0.15, 0.2) is 0 Å². The number of H-pyrrole nitrogens is 1. The second-order valence-corrected chi connectivity index (χ2v) is 6.35. The molecule has 3 aromatic rings. The zero-order chi connectivity index (χ0) is 17.6. The van der Waals surface area contributed by atoms with Crippen molar-refractivity contribution in [2.24, 2.45) is 7.05 Å². The minimum absolute atomic E-state index is 0.0997. The number of aromatic nitrogens is 3. The van der Waals surface area contributed by atoms with E-state index >= 15 is 0 Å². The molecule has 1 aliphatic rings. The summed E-state index contributed by atoms with van der Waals surface area (Å²) in [6, 6.07) is 8.77. The van der Waals surface area contributed by atoms with Crippen molar-refractivity contribution in [3.63, 3.8) is 0 Å². The summed E-state index contributed by atoms with van der Waals surface area (Å²) in [5.74, 6) is 0.419. The summed E-state index contributed by atoms with van der Waals surface area (Å²) in [6.45, 7) is 2.46. The number of hydrogen-bond acceptors (Lipinski definition) is 3. The van der Waals surface area contributed by atoms with Crippen LogP contribution in [-0.4, -0.2) is 39.2 Å².